The van der Waals surface area contributed by atoms with E-state index in [1.807, 2.05) is 24.3 Å². The van der Waals surface area contributed by atoms with Crippen molar-refractivity contribution >= 4 is 44.7 Å². The van der Waals surface area contributed by atoms with Crippen molar-refractivity contribution in [2.75, 3.05) is 0 Å². The molecule has 0 spiro atoms. The van der Waals surface area contributed by atoms with Gasteiger partial charge in [0.15, 0.2) is 0 Å². The molecule has 0 N–H and O–H groups in total. The molecular formula is C14H8Cl2. The molecule has 0 atom stereocenters. The number of fused-ring (bicyclic) bond motifs is 2. The number of halogens is 2. The molecule has 0 bridgehead atoms. The average molecular weight is 247 g/mol. The lowest BCUT2D eigenvalue weighted by Gasteiger charge is -2.04. The third kappa shape index (κ3) is 1.55. The Balaban J connectivity index is 2.46. The van der Waals surface area contributed by atoms with Crippen LogP contribution in [0.15, 0.2) is 48.5 Å². The topological polar surface area (TPSA) is 0 Å². The van der Waals surface area contributed by atoms with Gasteiger partial charge in [0, 0.05) is 0 Å². The van der Waals surface area contributed by atoms with Gasteiger partial charge in [-0.05, 0) is 45.8 Å². The van der Waals surface area contributed by atoms with Crippen molar-refractivity contribution in [2.45, 2.75) is 0 Å². The molecule has 3 aromatic carbocycles. The molecule has 0 aromatic heterocycles. The Morgan fingerprint density at radius 3 is 1.44 bits per heavy atom. The Kier molecular flexibility index (Phi) is 2.27. The standard InChI is InChI=1S/C14H8Cl2/c15-13-7-11-5-9-3-1-2-4-10(9)6-12(11)8-14(13)16/h1-8H. The van der Waals surface area contributed by atoms with Gasteiger partial charge in [0.2, 0.25) is 0 Å². The van der Waals surface area contributed by atoms with Gasteiger partial charge < -0.3 is 0 Å². The second kappa shape index (κ2) is 3.65. The van der Waals surface area contributed by atoms with Gasteiger partial charge in [-0.3, -0.25) is 0 Å². The lowest BCUT2D eigenvalue weighted by atomic mass is 10.0. The van der Waals surface area contributed by atoms with E-state index in [0.29, 0.717) is 10.0 Å². The smallest absolute Gasteiger partial charge is 0.0598 e. The third-order valence-corrected chi connectivity index (χ3v) is 3.47. The van der Waals surface area contributed by atoms with Crippen LogP contribution in [0.4, 0.5) is 0 Å². The fourth-order valence-corrected chi connectivity index (χ4v) is 2.28. The molecule has 3 rings (SSSR count). The minimum absolute atomic E-state index is 0.601. The Morgan fingerprint density at radius 1 is 0.562 bits per heavy atom. The summed E-state index contributed by atoms with van der Waals surface area (Å²) in [5, 5.41) is 5.87. The fourth-order valence-electron chi connectivity index (χ4n) is 1.94. The van der Waals surface area contributed by atoms with Crippen LogP contribution < -0.4 is 0 Å². The summed E-state index contributed by atoms with van der Waals surface area (Å²) >= 11 is 12.0. The molecule has 0 aliphatic carbocycles. The van der Waals surface area contributed by atoms with Crippen LogP contribution in [0.25, 0.3) is 21.5 Å². The first-order valence-corrected chi connectivity index (χ1v) is 5.77. The molecule has 0 saturated heterocycles. The quantitative estimate of drug-likeness (QED) is 0.473. The van der Waals surface area contributed by atoms with E-state index >= 15 is 0 Å². The van der Waals surface area contributed by atoms with Gasteiger partial charge in [0.1, 0.15) is 0 Å². The van der Waals surface area contributed by atoms with Crippen molar-refractivity contribution in [3.63, 3.8) is 0 Å². The summed E-state index contributed by atoms with van der Waals surface area (Å²) in [4.78, 5) is 0. The zero-order valence-electron chi connectivity index (χ0n) is 8.37. The maximum atomic E-state index is 6.01. The van der Waals surface area contributed by atoms with Crippen molar-refractivity contribution in [1.29, 1.82) is 0 Å². The first-order valence-electron chi connectivity index (χ1n) is 5.01. The van der Waals surface area contributed by atoms with Gasteiger partial charge in [0.05, 0.1) is 10.0 Å². The van der Waals surface area contributed by atoms with Crippen LogP contribution in [0.1, 0.15) is 0 Å². The normalized spacial score (nSPS) is 11.1. The van der Waals surface area contributed by atoms with Gasteiger partial charge in [-0.25, -0.2) is 0 Å². The van der Waals surface area contributed by atoms with Crippen LogP contribution >= 0.6 is 23.2 Å². The summed E-state index contributed by atoms with van der Waals surface area (Å²) in [6, 6.07) is 16.3. The highest BCUT2D eigenvalue weighted by Gasteiger charge is 2.02. The monoisotopic (exact) mass is 246 g/mol. The van der Waals surface area contributed by atoms with Crippen LogP contribution in [-0.2, 0) is 0 Å². The van der Waals surface area contributed by atoms with Gasteiger partial charge in [-0.1, -0.05) is 47.5 Å². The molecule has 0 radical (unpaired) electrons. The Hall–Kier alpha value is -1.24. The highest BCUT2D eigenvalue weighted by atomic mass is 35.5. The van der Waals surface area contributed by atoms with E-state index in [1.54, 1.807) is 0 Å². The van der Waals surface area contributed by atoms with Crippen molar-refractivity contribution in [3.8, 4) is 0 Å². The number of rotatable bonds is 0. The predicted molar refractivity (Wildman–Crippen MR) is 71.5 cm³/mol. The van der Waals surface area contributed by atoms with E-state index in [2.05, 4.69) is 24.3 Å². The largest absolute Gasteiger partial charge is 0.0827 e. The maximum absolute atomic E-state index is 6.01. The SMILES string of the molecule is Clc1cc2cc3ccccc3cc2cc1Cl. The highest BCUT2D eigenvalue weighted by molar-refractivity contribution is 6.42. The van der Waals surface area contributed by atoms with Gasteiger partial charge in [-0.2, -0.15) is 0 Å². The van der Waals surface area contributed by atoms with Crippen molar-refractivity contribution in [3.05, 3.63) is 58.6 Å². The van der Waals surface area contributed by atoms with E-state index in [1.165, 1.54) is 10.8 Å². The second-order valence-electron chi connectivity index (χ2n) is 3.81. The summed E-state index contributed by atoms with van der Waals surface area (Å²) in [5.74, 6) is 0. The molecule has 3 aromatic rings. The summed E-state index contributed by atoms with van der Waals surface area (Å²) < 4.78 is 0. The van der Waals surface area contributed by atoms with Crippen LogP contribution in [0, 0.1) is 0 Å². The Morgan fingerprint density at radius 2 is 1.00 bits per heavy atom. The molecule has 0 aliphatic heterocycles. The van der Waals surface area contributed by atoms with Gasteiger partial charge in [0.25, 0.3) is 0 Å². The summed E-state index contributed by atoms with van der Waals surface area (Å²) in [6.07, 6.45) is 0. The molecule has 0 unspecified atom stereocenters. The highest BCUT2D eigenvalue weighted by Crippen LogP contribution is 2.30. The lowest BCUT2D eigenvalue weighted by Crippen LogP contribution is -1.77. The molecule has 0 amide bonds. The Labute approximate surface area is 103 Å². The molecule has 0 aliphatic rings. The second-order valence-corrected chi connectivity index (χ2v) is 4.63. The lowest BCUT2D eigenvalue weighted by molar-refractivity contribution is 1.76. The van der Waals surface area contributed by atoms with E-state index in [9.17, 15) is 0 Å². The summed E-state index contributed by atoms with van der Waals surface area (Å²) in [5.41, 5.74) is 0. The number of benzene rings is 3. The van der Waals surface area contributed by atoms with Crippen LogP contribution in [0.5, 0.6) is 0 Å². The van der Waals surface area contributed by atoms with Gasteiger partial charge in [-0.15, -0.1) is 0 Å². The zero-order valence-corrected chi connectivity index (χ0v) is 9.89. The van der Waals surface area contributed by atoms with E-state index in [4.69, 9.17) is 23.2 Å². The first kappa shape index (κ1) is 9.95. The number of hydrogen-bond acceptors (Lipinski definition) is 0. The fraction of sp³-hybridized carbons (Fsp3) is 0. The zero-order chi connectivity index (χ0) is 11.1. The van der Waals surface area contributed by atoms with E-state index in [0.717, 1.165) is 10.8 Å². The molecule has 0 saturated carbocycles. The molecule has 0 heterocycles. The summed E-state index contributed by atoms with van der Waals surface area (Å²) in [6.45, 7) is 0. The first-order chi connectivity index (χ1) is 7.74. The average Bonchev–Trinajstić information content (AvgIpc) is 2.28. The van der Waals surface area contributed by atoms with Gasteiger partial charge >= 0.3 is 0 Å². The minimum atomic E-state index is 0.601. The number of hydrogen-bond donors (Lipinski definition) is 0. The van der Waals surface area contributed by atoms with Crippen molar-refractivity contribution < 1.29 is 0 Å². The molecule has 2 heteroatoms. The van der Waals surface area contributed by atoms with E-state index in [-0.39, 0.29) is 0 Å². The molecule has 16 heavy (non-hydrogen) atoms. The van der Waals surface area contributed by atoms with Crippen LogP contribution in [-0.4, -0.2) is 0 Å². The van der Waals surface area contributed by atoms with Crippen LogP contribution in [0.2, 0.25) is 10.0 Å². The van der Waals surface area contributed by atoms with E-state index < -0.39 is 0 Å². The molecule has 0 fully saturated rings. The minimum Gasteiger partial charge on any atom is -0.0827 e. The summed E-state index contributed by atoms with van der Waals surface area (Å²) in [7, 11) is 0. The molecule has 78 valence electrons. The third-order valence-electron chi connectivity index (χ3n) is 2.74. The Bertz CT molecular complexity index is 627. The maximum Gasteiger partial charge on any atom is 0.0598 e. The predicted octanol–water partition coefficient (Wildman–Crippen LogP) is 5.30. The molecular weight excluding hydrogens is 239 g/mol. The van der Waals surface area contributed by atoms with Crippen molar-refractivity contribution in [2.24, 2.45) is 0 Å². The molecule has 0 nitrogen and oxygen atoms in total. The van der Waals surface area contributed by atoms with Crippen LogP contribution in [0.3, 0.4) is 0 Å². The van der Waals surface area contributed by atoms with Crippen molar-refractivity contribution in [1.82, 2.24) is 0 Å².